The third kappa shape index (κ3) is 2.25. The molecule has 1 heterocycles. The lowest BCUT2D eigenvalue weighted by Gasteiger charge is -2.09. The van der Waals surface area contributed by atoms with Gasteiger partial charge >= 0.3 is 0 Å². The molecule has 1 rings (SSSR count). The first-order valence-corrected chi connectivity index (χ1v) is 4.89. The number of nitriles is 1. The number of aryl methyl sites for hydroxylation is 2. The maximum Gasteiger partial charge on any atom is 0.114 e. The number of hydrogen-bond acceptors (Lipinski definition) is 3. The zero-order chi connectivity index (χ0) is 10.6. The summed E-state index contributed by atoms with van der Waals surface area (Å²) in [5.74, 6) is 0. The Kier molecular flexibility index (Phi) is 3.52. The van der Waals surface area contributed by atoms with Crippen LogP contribution in [0.1, 0.15) is 26.0 Å². The van der Waals surface area contributed by atoms with Gasteiger partial charge in [0.05, 0.1) is 17.5 Å². The number of aromatic nitrogens is 2. The first kappa shape index (κ1) is 10.6. The number of nitrogens with zero attached hydrogens (tertiary/aromatic N) is 3. The number of anilines is 1. The van der Waals surface area contributed by atoms with Crippen LogP contribution in [-0.4, -0.2) is 15.8 Å². The standard InChI is InChI=1S/C10H16N4/c1-4-8(6-11)12-10-7-14(3)13-9(10)5-2/h7-8,12H,4-5H2,1-3H3. The molecule has 0 aliphatic carbocycles. The highest BCUT2D eigenvalue weighted by atomic mass is 15.3. The lowest BCUT2D eigenvalue weighted by molar-refractivity contribution is 0.746. The van der Waals surface area contributed by atoms with Crippen LogP contribution in [0.5, 0.6) is 0 Å². The summed E-state index contributed by atoms with van der Waals surface area (Å²) in [7, 11) is 1.89. The van der Waals surface area contributed by atoms with Gasteiger partial charge in [-0.1, -0.05) is 13.8 Å². The molecule has 0 saturated carbocycles. The highest BCUT2D eigenvalue weighted by molar-refractivity contribution is 5.48. The lowest BCUT2D eigenvalue weighted by Crippen LogP contribution is -2.16. The van der Waals surface area contributed by atoms with Gasteiger partial charge in [0.15, 0.2) is 0 Å². The van der Waals surface area contributed by atoms with Crippen LogP contribution in [-0.2, 0) is 13.5 Å². The first-order valence-electron chi connectivity index (χ1n) is 4.89. The zero-order valence-electron chi connectivity index (χ0n) is 8.91. The minimum atomic E-state index is -0.121. The molecule has 1 atom stereocenters. The van der Waals surface area contributed by atoms with Crippen molar-refractivity contribution in [3.63, 3.8) is 0 Å². The van der Waals surface area contributed by atoms with E-state index in [9.17, 15) is 0 Å². The van der Waals surface area contributed by atoms with Crippen molar-refractivity contribution in [2.45, 2.75) is 32.7 Å². The molecule has 4 heteroatoms. The fourth-order valence-corrected chi connectivity index (χ4v) is 1.33. The molecule has 0 aromatic carbocycles. The largest absolute Gasteiger partial charge is 0.367 e. The molecule has 1 unspecified atom stereocenters. The number of rotatable bonds is 4. The molecule has 0 bridgehead atoms. The van der Waals surface area contributed by atoms with E-state index < -0.39 is 0 Å². The second-order valence-corrected chi connectivity index (χ2v) is 3.25. The van der Waals surface area contributed by atoms with Gasteiger partial charge in [-0.05, 0) is 12.8 Å². The molecule has 76 valence electrons. The summed E-state index contributed by atoms with van der Waals surface area (Å²) in [6, 6.07) is 2.09. The van der Waals surface area contributed by atoms with Crippen LogP contribution in [0.2, 0.25) is 0 Å². The van der Waals surface area contributed by atoms with E-state index in [1.54, 1.807) is 4.68 Å². The molecule has 0 saturated heterocycles. The minimum absolute atomic E-state index is 0.121. The fraction of sp³-hybridized carbons (Fsp3) is 0.600. The van der Waals surface area contributed by atoms with Crippen molar-refractivity contribution >= 4 is 5.69 Å². The molecule has 1 aromatic rings. The van der Waals surface area contributed by atoms with Crippen molar-refractivity contribution < 1.29 is 0 Å². The number of hydrogen-bond donors (Lipinski definition) is 1. The molecule has 0 fully saturated rings. The summed E-state index contributed by atoms with van der Waals surface area (Å²) in [5.41, 5.74) is 1.99. The van der Waals surface area contributed by atoms with Crippen LogP contribution in [0, 0.1) is 11.3 Å². The quantitative estimate of drug-likeness (QED) is 0.790. The average molecular weight is 192 g/mol. The fourth-order valence-electron chi connectivity index (χ4n) is 1.33. The Hall–Kier alpha value is -1.50. The van der Waals surface area contributed by atoms with Gasteiger partial charge in [0, 0.05) is 13.2 Å². The van der Waals surface area contributed by atoms with Gasteiger partial charge in [0.1, 0.15) is 6.04 Å². The van der Waals surface area contributed by atoms with Crippen LogP contribution in [0.25, 0.3) is 0 Å². The van der Waals surface area contributed by atoms with Crippen molar-refractivity contribution in [1.82, 2.24) is 9.78 Å². The van der Waals surface area contributed by atoms with Crippen LogP contribution in [0.15, 0.2) is 6.20 Å². The summed E-state index contributed by atoms with van der Waals surface area (Å²) < 4.78 is 1.77. The van der Waals surface area contributed by atoms with Gasteiger partial charge in [-0.15, -0.1) is 0 Å². The van der Waals surface area contributed by atoms with Gasteiger partial charge in [0.2, 0.25) is 0 Å². The third-order valence-corrected chi connectivity index (χ3v) is 2.13. The van der Waals surface area contributed by atoms with Crippen molar-refractivity contribution in [3.05, 3.63) is 11.9 Å². The highest BCUT2D eigenvalue weighted by Gasteiger charge is 2.09. The molecule has 1 N–H and O–H groups in total. The maximum atomic E-state index is 8.82. The molecule has 0 aliphatic rings. The molecule has 0 amide bonds. The van der Waals surface area contributed by atoms with E-state index in [1.165, 1.54) is 0 Å². The van der Waals surface area contributed by atoms with Crippen LogP contribution in [0.4, 0.5) is 5.69 Å². The second-order valence-electron chi connectivity index (χ2n) is 3.25. The molecule has 14 heavy (non-hydrogen) atoms. The van der Waals surface area contributed by atoms with Crippen LogP contribution < -0.4 is 5.32 Å². The van der Waals surface area contributed by atoms with E-state index in [2.05, 4.69) is 23.4 Å². The van der Waals surface area contributed by atoms with Gasteiger partial charge in [-0.25, -0.2) is 0 Å². The van der Waals surface area contributed by atoms with Crippen molar-refractivity contribution in [2.75, 3.05) is 5.32 Å². The van der Waals surface area contributed by atoms with Crippen molar-refractivity contribution in [2.24, 2.45) is 7.05 Å². The topological polar surface area (TPSA) is 53.6 Å². The van der Waals surface area contributed by atoms with E-state index in [0.717, 1.165) is 24.2 Å². The number of nitrogens with one attached hydrogen (secondary N) is 1. The van der Waals surface area contributed by atoms with Gasteiger partial charge in [-0.2, -0.15) is 10.4 Å². The van der Waals surface area contributed by atoms with Gasteiger partial charge in [-0.3, -0.25) is 4.68 Å². The van der Waals surface area contributed by atoms with Crippen LogP contribution >= 0.6 is 0 Å². The second kappa shape index (κ2) is 4.66. The molecule has 0 radical (unpaired) electrons. The Morgan fingerprint density at radius 3 is 2.86 bits per heavy atom. The SMILES string of the molecule is CCc1nn(C)cc1NC(C#N)CC. The maximum absolute atomic E-state index is 8.82. The molecule has 0 spiro atoms. The highest BCUT2D eigenvalue weighted by Crippen LogP contribution is 2.15. The summed E-state index contributed by atoms with van der Waals surface area (Å²) in [6.45, 7) is 4.05. The molecule has 1 aromatic heterocycles. The predicted octanol–water partition coefficient (Wildman–Crippen LogP) is 1.70. The van der Waals surface area contributed by atoms with Gasteiger partial charge < -0.3 is 5.32 Å². The summed E-state index contributed by atoms with van der Waals surface area (Å²) in [4.78, 5) is 0. The van der Waals surface area contributed by atoms with Crippen molar-refractivity contribution in [1.29, 1.82) is 5.26 Å². The van der Waals surface area contributed by atoms with Crippen LogP contribution in [0.3, 0.4) is 0 Å². The Bertz CT molecular complexity index is 334. The normalized spacial score (nSPS) is 12.1. The monoisotopic (exact) mass is 192 g/mol. The summed E-state index contributed by atoms with van der Waals surface area (Å²) in [5, 5.41) is 16.3. The Morgan fingerprint density at radius 1 is 1.64 bits per heavy atom. The smallest absolute Gasteiger partial charge is 0.114 e. The summed E-state index contributed by atoms with van der Waals surface area (Å²) >= 11 is 0. The van der Waals surface area contributed by atoms with Crippen molar-refractivity contribution in [3.8, 4) is 6.07 Å². The van der Waals surface area contributed by atoms with E-state index in [-0.39, 0.29) is 6.04 Å². The average Bonchev–Trinajstić information content (AvgIpc) is 2.55. The molecular formula is C10H16N4. The van der Waals surface area contributed by atoms with E-state index in [1.807, 2.05) is 20.2 Å². The van der Waals surface area contributed by atoms with E-state index in [4.69, 9.17) is 5.26 Å². The predicted molar refractivity (Wildman–Crippen MR) is 55.9 cm³/mol. The third-order valence-electron chi connectivity index (χ3n) is 2.13. The van der Waals surface area contributed by atoms with E-state index >= 15 is 0 Å². The Balaban J connectivity index is 2.80. The van der Waals surface area contributed by atoms with E-state index in [0.29, 0.717) is 0 Å². The van der Waals surface area contributed by atoms with Gasteiger partial charge in [0.25, 0.3) is 0 Å². The molecular weight excluding hydrogens is 176 g/mol. The zero-order valence-corrected chi connectivity index (χ0v) is 8.91. The minimum Gasteiger partial charge on any atom is -0.367 e. The lowest BCUT2D eigenvalue weighted by atomic mass is 10.2. The molecule has 0 aliphatic heterocycles. The Labute approximate surface area is 84.5 Å². The first-order chi connectivity index (χ1) is 6.71. The Morgan fingerprint density at radius 2 is 2.36 bits per heavy atom. The summed E-state index contributed by atoms with van der Waals surface area (Å²) in [6.07, 6.45) is 3.60. The molecule has 4 nitrogen and oxygen atoms in total.